The molecule has 0 saturated carbocycles. The van der Waals surface area contributed by atoms with Gasteiger partial charge in [0.2, 0.25) is 0 Å². The molecule has 3 aromatic rings. The number of pyridine rings is 1. The molecular weight excluding hydrogens is 476 g/mol. The number of aryl methyl sites for hydroxylation is 1. The molecule has 0 spiro atoms. The maximum absolute atomic E-state index is 13.3. The first-order valence-electron chi connectivity index (χ1n) is 13.6. The molecule has 0 bridgehead atoms. The normalized spacial score (nSPS) is 16.3. The lowest BCUT2D eigenvalue weighted by Crippen LogP contribution is -2.38. The van der Waals surface area contributed by atoms with E-state index in [-0.39, 0.29) is 11.8 Å². The van der Waals surface area contributed by atoms with Crippen molar-refractivity contribution in [2.45, 2.75) is 44.9 Å². The predicted octanol–water partition coefficient (Wildman–Crippen LogP) is 5.66. The van der Waals surface area contributed by atoms with Gasteiger partial charge in [0, 0.05) is 43.6 Å². The van der Waals surface area contributed by atoms with Crippen LogP contribution in [0.2, 0.25) is 0 Å². The Morgan fingerprint density at radius 2 is 1.61 bits per heavy atom. The highest BCUT2D eigenvalue weighted by atomic mass is 16.5. The molecule has 2 saturated heterocycles. The number of ether oxygens (including phenoxy) is 1. The minimum absolute atomic E-state index is 0.00114. The number of aromatic nitrogens is 1. The summed E-state index contributed by atoms with van der Waals surface area (Å²) in [6.45, 7) is 5.37. The van der Waals surface area contributed by atoms with Crippen LogP contribution in [0.3, 0.4) is 0 Å². The van der Waals surface area contributed by atoms with E-state index >= 15 is 0 Å². The quantitative estimate of drug-likeness (QED) is 0.461. The fourth-order valence-electron chi connectivity index (χ4n) is 5.39. The second kappa shape index (κ2) is 11.7. The van der Waals surface area contributed by atoms with Crippen LogP contribution in [0.5, 0.6) is 5.75 Å². The Kier molecular flexibility index (Phi) is 7.91. The lowest BCUT2D eigenvalue weighted by molar-refractivity contribution is 0.0712. The van der Waals surface area contributed by atoms with Gasteiger partial charge in [0.05, 0.1) is 12.7 Å². The van der Waals surface area contributed by atoms with Gasteiger partial charge >= 0.3 is 0 Å². The first-order valence-corrected chi connectivity index (χ1v) is 13.6. The van der Waals surface area contributed by atoms with Crippen molar-refractivity contribution in [3.8, 4) is 5.75 Å². The van der Waals surface area contributed by atoms with Gasteiger partial charge in [-0.05, 0) is 92.5 Å². The smallest absolute Gasteiger partial charge is 0.257 e. The van der Waals surface area contributed by atoms with Crippen LogP contribution in [-0.2, 0) is 0 Å². The Morgan fingerprint density at radius 1 is 0.895 bits per heavy atom. The maximum Gasteiger partial charge on any atom is 0.257 e. The standard InChI is InChI=1S/C31H36N4O3/c1-22-6-7-25(31(37)35-18-14-24(15-19-35)23-8-11-27(38-2)12-9-23)20-28(22)33-30(36)26-10-13-29(32-21-26)34-16-4-3-5-17-34/h6-13,20-21,24H,3-5,14-19H2,1-2H3,(H,33,36). The summed E-state index contributed by atoms with van der Waals surface area (Å²) in [6, 6.07) is 17.5. The van der Waals surface area contributed by atoms with Crippen LogP contribution in [0.25, 0.3) is 0 Å². The summed E-state index contributed by atoms with van der Waals surface area (Å²) in [4.78, 5) is 35.0. The molecule has 0 unspecified atom stereocenters. The Hall–Kier alpha value is -3.87. The SMILES string of the molecule is COc1ccc(C2CCN(C(=O)c3ccc(C)c(NC(=O)c4ccc(N5CCCCC5)nc4)c3)CC2)cc1. The fourth-order valence-corrected chi connectivity index (χ4v) is 5.39. The van der Waals surface area contributed by atoms with Crippen molar-refractivity contribution in [1.82, 2.24) is 9.88 Å². The largest absolute Gasteiger partial charge is 0.497 e. The van der Waals surface area contributed by atoms with Crippen molar-refractivity contribution in [3.05, 3.63) is 83.0 Å². The zero-order valence-corrected chi connectivity index (χ0v) is 22.3. The van der Waals surface area contributed by atoms with Crippen molar-refractivity contribution in [1.29, 1.82) is 0 Å². The van der Waals surface area contributed by atoms with E-state index < -0.39 is 0 Å². The van der Waals surface area contributed by atoms with Crippen LogP contribution in [-0.4, -0.2) is 55.0 Å². The fraction of sp³-hybridized carbons (Fsp3) is 0.387. The van der Waals surface area contributed by atoms with Gasteiger partial charge in [0.15, 0.2) is 0 Å². The molecule has 198 valence electrons. The van der Waals surface area contributed by atoms with Gasteiger partial charge < -0.3 is 19.9 Å². The topological polar surface area (TPSA) is 74.8 Å². The molecule has 7 nitrogen and oxygen atoms in total. The van der Waals surface area contributed by atoms with E-state index in [1.54, 1.807) is 19.4 Å². The Labute approximate surface area is 224 Å². The third-order valence-electron chi connectivity index (χ3n) is 7.79. The zero-order valence-electron chi connectivity index (χ0n) is 22.3. The first kappa shape index (κ1) is 25.8. The number of methoxy groups -OCH3 is 1. The molecular formula is C31H36N4O3. The summed E-state index contributed by atoms with van der Waals surface area (Å²) >= 11 is 0. The third kappa shape index (κ3) is 5.82. The van der Waals surface area contributed by atoms with Crippen LogP contribution in [0.15, 0.2) is 60.8 Å². The Morgan fingerprint density at radius 3 is 2.26 bits per heavy atom. The number of rotatable bonds is 6. The molecule has 2 aliphatic rings. The molecule has 2 aliphatic heterocycles. The summed E-state index contributed by atoms with van der Waals surface area (Å²) in [7, 11) is 1.67. The van der Waals surface area contributed by atoms with Gasteiger partial charge in [-0.1, -0.05) is 18.2 Å². The number of likely N-dealkylation sites (tertiary alicyclic amines) is 1. The number of benzene rings is 2. The average molecular weight is 513 g/mol. The van der Waals surface area contributed by atoms with Crippen LogP contribution >= 0.6 is 0 Å². The molecule has 38 heavy (non-hydrogen) atoms. The summed E-state index contributed by atoms with van der Waals surface area (Å²) in [6.07, 6.45) is 7.11. The van der Waals surface area contributed by atoms with Gasteiger partial charge in [-0.3, -0.25) is 9.59 Å². The van der Waals surface area contributed by atoms with Crippen LogP contribution in [0.4, 0.5) is 11.5 Å². The van der Waals surface area contributed by atoms with E-state index in [0.29, 0.717) is 35.8 Å². The number of hydrogen-bond donors (Lipinski definition) is 1. The Balaban J connectivity index is 1.20. The van der Waals surface area contributed by atoms with Gasteiger partial charge in [-0.2, -0.15) is 0 Å². The van der Waals surface area contributed by atoms with Gasteiger partial charge in [-0.15, -0.1) is 0 Å². The molecule has 0 radical (unpaired) electrons. The number of anilines is 2. The number of nitrogens with zero attached hydrogens (tertiary/aromatic N) is 3. The molecule has 2 amide bonds. The lowest BCUT2D eigenvalue weighted by Gasteiger charge is -2.32. The van der Waals surface area contributed by atoms with Gasteiger partial charge in [0.25, 0.3) is 11.8 Å². The molecule has 3 heterocycles. The van der Waals surface area contributed by atoms with Crippen LogP contribution in [0, 0.1) is 6.92 Å². The highest BCUT2D eigenvalue weighted by Gasteiger charge is 2.25. The highest BCUT2D eigenvalue weighted by molar-refractivity contribution is 6.05. The number of nitrogens with one attached hydrogen (secondary N) is 1. The number of piperidine rings is 2. The Bertz CT molecular complexity index is 1260. The summed E-state index contributed by atoms with van der Waals surface area (Å²) in [5.74, 6) is 1.99. The van der Waals surface area contributed by atoms with Crippen molar-refractivity contribution in [3.63, 3.8) is 0 Å². The molecule has 1 aromatic heterocycles. The first-order chi connectivity index (χ1) is 18.5. The van der Waals surface area contributed by atoms with Crippen molar-refractivity contribution >= 4 is 23.3 Å². The highest BCUT2D eigenvalue weighted by Crippen LogP contribution is 2.30. The minimum Gasteiger partial charge on any atom is -0.497 e. The lowest BCUT2D eigenvalue weighted by atomic mass is 9.89. The van der Waals surface area contributed by atoms with E-state index in [0.717, 1.165) is 43.1 Å². The average Bonchev–Trinajstić information content (AvgIpc) is 2.98. The predicted molar refractivity (Wildman–Crippen MR) is 150 cm³/mol. The summed E-state index contributed by atoms with van der Waals surface area (Å²) in [5.41, 5.74) is 3.94. The molecule has 0 aliphatic carbocycles. The summed E-state index contributed by atoms with van der Waals surface area (Å²) < 4.78 is 5.26. The van der Waals surface area contributed by atoms with E-state index in [2.05, 4.69) is 27.3 Å². The second-order valence-electron chi connectivity index (χ2n) is 10.3. The molecule has 0 atom stereocenters. The number of carbonyl (C=O) groups excluding carboxylic acids is 2. The maximum atomic E-state index is 13.3. The molecule has 1 N–H and O–H groups in total. The third-order valence-corrected chi connectivity index (χ3v) is 7.79. The van der Waals surface area contributed by atoms with Crippen molar-refractivity contribution < 1.29 is 14.3 Å². The van der Waals surface area contributed by atoms with E-state index in [1.165, 1.54) is 24.8 Å². The zero-order chi connectivity index (χ0) is 26.5. The minimum atomic E-state index is -0.226. The second-order valence-corrected chi connectivity index (χ2v) is 10.3. The van der Waals surface area contributed by atoms with E-state index in [4.69, 9.17) is 4.74 Å². The summed E-state index contributed by atoms with van der Waals surface area (Å²) in [5, 5.41) is 2.99. The molecule has 5 rings (SSSR count). The monoisotopic (exact) mass is 512 g/mol. The van der Waals surface area contributed by atoms with Crippen molar-refractivity contribution in [2.24, 2.45) is 0 Å². The van der Waals surface area contributed by atoms with Crippen LogP contribution in [0.1, 0.15) is 69.9 Å². The van der Waals surface area contributed by atoms with Gasteiger partial charge in [-0.25, -0.2) is 4.98 Å². The molecule has 2 fully saturated rings. The molecule has 2 aromatic carbocycles. The van der Waals surface area contributed by atoms with Crippen LogP contribution < -0.4 is 15.0 Å². The van der Waals surface area contributed by atoms with E-state index in [9.17, 15) is 9.59 Å². The number of amides is 2. The number of hydrogen-bond acceptors (Lipinski definition) is 5. The van der Waals surface area contributed by atoms with Crippen molar-refractivity contribution in [2.75, 3.05) is 43.5 Å². The van der Waals surface area contributed by atoms with Gasteiger partial charge in [0.1, 0.15) is 11.6 Å². The molecule has 7 heteroatoms. The number of carbonyl (C=O) groups is 2. The van der Waals surface area contributed by atoms with E-state index in [1.807, 2.05) is 48.2 Å².